The van der Waals surface area contributed by atoms with Crippen molar-refractivity contribution in [2.24, 2.45) is 0 Å². The van der Waals surface area contributed by atoms with E-state index in [9.17, 15) is 18.9 Å². The highest BCUT2D eigenvalue weighted by Crippen LogP contribution is 2.33. The molecule has 3 rings (SSSR count). The average Bonchev–Trinajstić information content (AvgIpc) is 3.31. The van der Waals surface area contributed by atoms with Gasteiger partial charge in [-0.1, -0.05) is 12.1 Å². The first-order valence-electron chi connectivity index (χ1n) is 12.2. The highest BCUT2D eigenvalue weighted by Gasteiger charge is 2.25. The van der Waals surface area contributed by atoms with E-state index < -0.39 is 26.0 Å². The molecule has 0 saturated heterocycles. The number of fused-ring (bicyclic) bond motifs is 1. The minimum Gasteiger partial charge on any atom is -0.478 e. The summed E-state index contributed by atoms with van der Waals surface area (Å²) in [5, 5.41) is 18.7. The van der Waals surface area contributed by atoms with Crippen molar-refractivity contribution >= 4 is 48.6 Å². The van der Waals surface area contributed by atoms with Crippen LogP contribution in [0.3, 0.4) is 0 Å². The Morgan fingerprint density at radius 1 is 1.07 bits per heavy atom. The van der Waals surface area contributed by atoms with Crippen LogP contribution in [0.1, 0.15) is 27.7 Å². The van der Waals surface area contributed by atoms with Crippen LogP contribution in [-0.2, 0) is 35.0 Å². The maximum absolute atomic E-state index is 12.5. The second-order valence-electron chi connectivity index (χ2n) is 8.72. The predicted octanol–water partition coefficient (Wildman–Crippen LogP) is 3.06. The molecule has 0 fully saturated rings. The van der Waals surface area contributed by atoms with E-state index in [1.165, 1.54) is 6.33 Å². The van der Waals surface area contributed by atoms with Crippen molar-refractivity contribution < 1.29 is 43.2 Å². The third kappa shape index (κ3) is 11.2. The van der Waals surface area contributed by atoms with Crippen LogP contribution in [-0.4, -0.2) is 72.2 Å². The summed E-state index contributed by atoms with van der Waals surface area (Å²) >= 11 is 0. The number of nitrogens with one attached hydrogen (secondary N) is 1. The molecule has 1 aromatic carbocycles. The maximum atomic E-state index is 12.5. The number of carbonyl (C=O) groups is 3. The molecule has 16 heteroatoms. The van der Waals surface area contributed by atoms with Gasteiger partial charge in [-0.05, 0) is 44.4 Å². The molecule has 0 spiro atoms. The number of hydrogen-bond acceptors (Lipinski definition) is 12. The number of aliphatic carboxylic acids is 2. The lowest BCUT2D eigenvalue weighted by Crippen LogP contribution is -2.30. The molecule has 0 aliphatic carbocycles. The third-order valence-electron chi connectivity index (χ3n) is 4.88. The Hall–Kier alpha value is -4.62. The van der Waals surface area contributed by atoms with Gasteiger partial charge in [0.1, 0.15) is 17.9 Å². The van der Waals surface area contributed by atoms with Crippen LogP contribution in [0, 0.1) is 0 Å². The summed E-state index contributed by atoms with van der Waals surface area (Å²) in [5.74, 6) is -2.24. The number of rotatable bonds is 13. The number of para-hydroxylation sites is 2. The van der Waals surface area contributed by atoms with E-state index in [0.29, 0.717) is 47.1 Å². The van der Waals surface area contributed by atoms with E-state index in [2.05, 4.69) is 20.3 Å². The smallest absolute Gasteiger partial charge is 0.478 e. The summed E-state index contributed by atoms with van der Waals surface area (Å²) in [6.07, 6.45) is 3.48. The number of benzene rings is 1. The number of nitrogens with two attached hydrogens (primary N) is 1. The van der Waals surface area contributed by atoms with Crippen LogP contribution < -0.4 is 15.6 Å². The largest absolute Gasteiger partial charge is 0.585 e. The highest BCUT2D eigenvalue weighted by molar-refractivity contribution is 7.39. The Balaban J connectivity index is 0.000000642. The normalized spacial score (nSPS) is 12.8. The van der Waals surface area contributed by atoms with Gasteiger partial charge in [-0.3, -0.25) is 4.52 Å². The molecule has 0 aliphatic heterocycles. The minimum absolute atomic E-state index is 0.112. The van der Waals surface area contributed by atoms with Crippen molar-refractivity contribution in [1.82, 2.24) is 19.5 Å². The van der Waals surface area contributed by atoms with Crippen molar-refractivity contribution in [3.05, 3.63) is 49.1 Å². The van der Waals surface area contributed by atoms with Gasteiger partial charge in [0.25, 0.3) is 6.35 Å². The molecule has 3 aromatic rings. The van der Waals surface area contributed by atoms with E-state index in [1.807, 2.05) is 6.92 Å². The van der Waals surface area contributed by atoms with Gasteiger partial charge in [-0.2, -0.15) is 0 Å². The number of esters is 1. The molecule has 15 nitrogen and oxygen atoms in total. The van der Waals surface area contributed by atoms with Crippen molar-refractivity contribution in [3.63, 3.8) is 0 Å². The summed E-state index contributed by atoms with van der Waals surface area (Å²) in [4.78, 5) is 43.5. The van der Waals surface area contributed by atoms with Crippen molar-refractivity contribution in [3.8, 4) is 5.75 Å². The highest BCUT2D eigenvalue weighted by atomic mass is 31.1. The molecule has 2 aromatic heterocycles. The molecule has 0 amide bonds. The van der Waals surface area contributed by atoms with Crippen LogP contribution in [0.15, 0.2) is 49.1 Å². The van der Waals surface area contributed by atoms with E-state index in [4.69, 9.17) is 29.9 Å². The first-order chi connectivity index (χ1) is 19.4. The number of carboxylic acids is 2. The minimum atomic E-state index is -2.16. The zero-order valence-corrected chi connectivity index (χ0v) is 23.7. The quantitative estimate of drug-likeness (QED) is 0.128. The van der Waals surface area contributed by atoms with Crippen LogP contribution in [0.5, 0.6) is 5.75 Å². The topological polar surface area (TPSA) is 218 Å². The van der Waals surface area contributed by atoms with Gasteiger partial charge in [-0.25, -0.2) is 29.3 Å². The second kappa shape index (κ2) is 15.8. The molecule has 0 bridgehead atoms. The summed E-state index contributed by atoms with van der Waals surface area (Å²) in [5.41, 5.74) is 7.46. The Bertz CT molecular complexity index is 1380. The number of aromatic nitrogens is 4. The monoisotopic (exact) mass is 591 g/mol. The number of carboxylic acid groups (broad SMARTS) is 2. The zero-order chi connectivity index (χ0) is 30.5. The molecule has 41 heavy (non-hydrogen) atoms. The molecule has 0 radical (unpaired) electrons. The van der Waals surface area contributed by atoms with Crippen LogP contribution in [0.4, 0.5) is 11.5 Å². The lowest BCUT2D eigenvalue weighted by atomic mass is 10.2. The second-order valence-corrected chi connectivity index (χ2v) is 9.82. The fraction of sp³-hybridized carbons (Fsp3) is 0.360. The van der Waals surface area contributed by atoms with Crippen molar-refractivity contribution in [1.29, 1.82) is 0 Å². The first-order valence-corrected chi connectivity index (χ1v) is 13.6. The fourth-order valence-corrected chi connectivity index (χ4v) is 3.93. The van der Waals surface area contributed by atoms with Gasteiger partial charge in [0.15, 0.2) is 11.5 Å². The molecule has 5 N–H and O–H groups in total. The zero-order valence-electron chi connectivity index (χ0n) is 22.8. The number of hydrogen-bond donors (Lipinski definition) is 4. The van der Waals surface area contributed by atoms with Crippen LogP contribution in [0.2, 0.25) is 0 Å². The van der Waals surface area contributed by atoms with E-state index in [0.717, 1.165) is 0 Å². The Kier molecular flexibility index (Phi) is 12.6. The van der Waals surface area contributed by atoms with Gasteiger partial charge in [0.05, 0.1) is 30.8 Å². The maximum Gasteiger partial charge on any atom is 0.585 e. The third-order valence-corrected chi connectivity index (χ3v) is 5.64. The van der Waals surface area contributed by atoms with Crippen LogP contribution >= 0.6 is 8.03 Å². The molecule has 2 heterocycles. The van der Waals surface area contributed by atoms with Gasteiger partial charge in [0, 0.05) is 12.2 Å². The Morgan fingerprint density at radius 3 is 2.37 bits per heavy atom. The SMILES string of the molecule is CC(C)OC(=O)[C@H](C)Nc1ccccc1O[P+](=O)COC(C)Cn1cnc2c(N)ncnc21.O=C(O)C=CC(=O)O. The van der Waals surface area contributed by atoms with Crippen molar-refractivity contribution in [2.75, 3.05) is 17.4 Å². The van der Waals surface area contributed by atoms with Gasteiger partial charge in [0.2, 0.25) is 5.75 Å². The average molecular weight is 592 g/mol. The number of ether oxygens (including phenoxy) is 2. The molecule has 220 valence electrons. The predicted molar refractivity (Wildman–Crippen MR) is 149 cm³/mol. The molecular weight excluding hydrogens is 559 g/mol. The number of carbonyl (C=O) groups excluding carboxylic acids is 1. The molecule has 0 saturated carbocycles. The summed E-state index contributed by atoms with van der Waals surface area (Å²) in [6.45, 7) is 7.53. The van der Waals surface area contributed by atoms with E-state index in [1.54, 1.807) is 55.9 Å². The summed E-state index contributed by atoms with van der Waals surface area (Å²) < 4.78 is 30.8. The van der Waals surface area contributed by atoms with Gasteiger partial charge < -0.3 is 35.3 Å². The van der Waals surface area contributed by atoms with Crippen molar-refractivity contribution in [2.45, 2.75) is 52.5 Å². The number of nitrogens with zero attached hydrogens (tertiary/aromatic N) is 4. The van der Waals surface area contributed by atoms with E-state index >= 15 is 0 Å². The summed E-state index contributed by atoms with van der Waals surface area (Å²) in [6, 6.07) is 6.34. The summed E-state index contributed by atoms with van der Waals surface area (Å²) in [7, 11) is -2.16. The Morgan fingerprint density at radius 2 is 1.73 bits per heavy atom. The number of nitrogen functional groups attached to an aromatic ring is 1. The van der Waals surface area contributed by atoms with E-state index in [-0.39, 0.29) is 24.5 Å². The Labute approximate surface area is 236 Å². The van der Waals surface area contributed by atoms with Gasteiger partial charge in [-0.15, -0.1) is 0 Å². The fourth-order valence-electron chi connectivity index (χ4n) is 3.12. The number of imidazole rings is 1. The number of anilines is 2. The first kappa shape index (κ1) is 32.6. The molecule has 0 aliphatic rings. The van der Waals surface area contributed by atoms with Gasteiger partial charge >= 0.3 is 25.9 Å². The molecular formula is C25H32N6O9P+. The standard InChI is InChI=1S/C21H28N6O5P.C4H4O4/c1-13(2)31-21(28)15(4)26-16-7-5-6-8-17(16)32-33(29)12-30-14(3)9-27-11-25-18-19(22)23-10-24-20(18)27;5-3(6)1-2-4(7)8/h5-8,10-11,13-15,26H,9,12H2,1-4H3,(H2,22,23,24);1-2H,(H,5,6)(H,7,8)/q+1;/t14?,15-;/m0./s1. The molecule has 2 unspecified atom stereocenters. The lowest BCUT2D eigenvalue weighted by Gasteiger charge is -2.17. The van der Waals surface area contributed by atoms with Crippen LogP contribution in [0.25, 0.3) is 11.2 Å². The molecule has 3 atom stereocenters. The lowest BCUT2D eigenvalue weighted by molar-refractivity contribution is -0.148.